The number of fused-ring (bicyclic) bond motifs is 1. The van der Waals surface area contributed by atoms with Gasteiger partial charge in [-0.1, -0.05) is 125 Å². The van der Waals surface area contributed by atoms with Crippen LogP contribution in [0.3, 0.4) is 0 Å². The Hall–Kier alpha value is -4.13. The number of nitrogens with zero attached hydrogens (tertiary/aromatic N) is 3. The lowest BCUT2D eigenvalue weighted by Gasteiger charge is -2.23. The molecule has 6 aromatic rings. The number of ether oxygens (including phenoxy) is 1. The molecule has 0 atom stereocenters. The van der Waals surface area contributed by atoms with Crippen molar-refractivity contribution in [1.82, 2.24) is 15.0 Å². The SMILES string of the molecule is CC(C)c1cccc(C(C)C)c1-c1nc2cc(-c3cc(C(C)(C)C)ccn3)cc(Oc3cc(-c4ccc(C(C)(C)C)cn4)ccc3[Si](C)(C)C)c2s1. The van der Waals surface area contributed by atoms with Gasteiger partial charge in [0.25, 0.3) is 0 Å². The highest BCUT2D eigenvalue weighted by Crippen LogP contribution is 2.45. The third-order valence-electron chi connectivity index (χ3n) is 9.90. The van der Waals surface area contributed by atoms with Gasteiger partial charge in [-0.25, -0.2) is 4.98 Å². The van der Waals surface area contributed by atoms with E-state index in [9.17, 15) is 0 Å². The van der Waals surface area contributed by atoms with E-state index in [0.717, 1.165) is 49.2 Å². The van der Waals surface area contributed by atoms with E-state index in [1.165, 1.54) is 33.0 Å². The first-order valence-corrected chi connectivity index (χ1v) is 23.0. The van der Waals surface area contributed by atoms with Crippen molar-refractivity contribution in [3.05, 3.63) is 107 Å². The highest BCUT2D eigenvalue weighted by Gasteiger charge is 2.26. The van der Waals surface area contributed by atoms with Gasteiger partial charge in [-0.3, -0.25) is 9.97 Å². The Bertz CT molecular complexity index is 2200. The van der Waals surface area contributed by atoms with E-state index in [1.54, 1.807) is 11.3 Å². The van der Waals surface area contributed by atoms with Gasteiger partial charge in [0.2, 0.25) is 0 Å². The van der Waals surface area contributed by atoms with Gasteiger partial charge in [-0.15, -0.1) is 11.3 Å². The van der Waals surface area contributed by atoms with E-state index >= 15 is 0 Å². The molecule has 0 bridgehead atoms. The van der Waals surface area contributed by atoms with Crippen molar-refractivity contribution in [3.63, 3.8) is 0 Å². The summed E-state index contributed by atoms with van der Waals surface area (Å²) in [5.41, 5.74) is 11.2. The zero-order chi connectivity index (χ0) is 37.7. The van der Waals surface area contributed by atoms with Gasteiger partial charge < -0.3 is 4.74 Å². The first kappa shape index (κ1) is 37.6. The molecule has 3 aromatic carbocycles. The number of thiazole rings is 1. The highest BCUT2D eigenvalue weighted by atomic mass is 32.1. The van der Waals surface area contributed by atoms with Crippen molar-refractivity contribution in [3.8, 4) is 44.6 Å². The second kappa shape index (κ2) is 14.0. The van der Waals surface area contributed by atoms with Crippen LogP contribution in [0.4, 0.5) is 0 Å². The van der Waals surface area contributed by atoms with Crippen LogP contribution in [0.15, 0.2) is 85.2 Å². The Balaban J connectivity index is 1.58. The molecule has 0 saturated heterocycles. The molecule has 4 nitrogen and oxygen atoms in total. The fraction of sp³-hybridized carbons (Fsp3) is 0.370. The van der Waals surface area contributed by atoms with Gasteiger partial charge in [0.1, 0.15) is 16.5 Å². The van der Waals surface area contributed by atoms with Crippen molar-refractivity contribution < 1.29 is 4.74 Å². The molecule has 0 N–H and O–H groups in total. The highest BCUT2D eigenvalue weighted by molar-refractivity contribution is 7.22. The molecule has 270 valence electrons. The van der Waals surface area contributed by atoms with Crippen molar-refractivity contribution in [2.75, 3.05) is 0 Å². The molecule has 3 aromatic heterocycles. The number of benzene rings is 3. The lowest BCUT2D eigenvalue weighted by molar-refractivity contribution is 0.493. The maximum Gasteiger partial charge on any atom is 0.147 e. The number of pyridine rings is 2. The maximum atomic E-state index is 7.20. The Labute approximate surface area is 316 Å². The molecule has 0 aliphatic carbocycles. The minimum absolute atomic E-state index is 0.00543. The second-order valence-electron chi connectivity index (χ2n) is 17.9. The van der Waals surface area contributed by atoms with E-state index in [4.69, 9.17) is 19.7 Å². The maximum absolute atomic E-state index is 7.20. The van der Waals surface area contributed by atoms with Crippen LogP contribution in [0.25, 0.3) is 43.3 Å². The first-order valence-electron chi connectivity index (χ1n) is 18.6. The lowest BCUT2D eigenvalue weighted by Crippen LogP contribution is -2.38. The lowest BCUT2D eigenvalue weighted by atomic mass is 9.87. The molecule has 52 heavy (non-hydrogen) atoms. The summed E-state index contributed by atoms with van der Waals surface area (Å²) >= 11 is 1.73. The van der Waals surface area contributed by atoms with Crippen LogP contribution < -0.4 is 9.92 Å². The fourth-order valence-electron chi connectivity index (χ4n) is 6.70. The molecular weight excluding hydrogens is 671 g/mol. The molecule has 0 amide bonds. The predicted octanol–water partition coefficient (Wildman–Crippen LogP) is 13.3. The third kappa shape index (κ3) is 7.79. The standard InChI is InChI=1S/C46H55N3OSSi/c1-28(2)34-15-14-16-35(29(3)4)42(34)44-49-38-23-31(37-26-32(21-22-47-37)45(5,6)7)25-40(43(38)51-44)50-39-24-30(17-20-41(39)52(11,12)13)36-19-18-33(27-48-36)46(8,9)10/h14-29H,1-13H3. The van der Waals surface area contributed by atoms with Gasteiger partial charge in [-0.2, -0.15) is 0 Å². The monoisotopic (exact) mass is 725 g/mol. The van der Waals surface area contributed by atoms with Crippen LogP contribution in [-0.4, -0.2) is 23.0 Å². The Morgan fingerprint density at radius 3 is 1.88 bits per heavy atom. The fourth-order valence-corrected chi connectivity index (χ4v) is 9.23. The van der Waals surface area contributed by atoms with E-state index in [2.05, 4.69) is 162 Å². The Morgan fingerprint density at radius 2 is 1.31 bits per heavy atom. The quantitative estimate of drug-likeness (QED) is 0.147. The molecule has 0 spiro atoms. The zero-order valence-electron chi connectivity index (χ0n) is 33.4. The third-order valence-corrected chi connectivity index (χ3v) is 13.0. The summed E-state index contributed by atoms with van der Waals surface area (Å²) in [6, 6.07) is 26.4. The summed E-state index contributed by atoms with van der Waals surface area (Å²) in [5, 5.41) is 2.30. The topological polar surface area (TPSA) is 47.9 Å². The van der Waals surface area contributed by atoms with Gasteiger partial charge in [0.05, 0.1) is 29.7 Å². The van der Waals surface area contributed by atoms with Crippen LogP contribution in [-0.2, 0) is 10.8 Å². The molecule has 0 saturated carbocycles. The molecule has 0 aliphatic rings. The summed E-state index contributed by atoms with van der Waals surface area (Å²) < 4.78 is 8.24. The summed E-state index contributed by atoms with van der Waals surface area (Å²) in [6.45, 7) is 29.6. The normalized spacial score (nSPS) is 12.7. The van der Waals surface area contributed by atoms with E-state index < -0.39 is 8.07 Å². The molecule has 0 radical (unpaired) electrons. The van der Waals surface area contributed by atoms with Crippen molar-refractivity contribution in [1.29, 1.82) is 0 Å². The largest absolute Gasteiger partial charge is 0.456 e. The summed E-state index contributed by atoms with van der Waals surface area (Å²) in [7, 11) is -1.82. The van der Waals surface area contributed by atoms with E-state index in [0.29, 0.717) is 11.8 Å². The summed E-state index contributed by atoms with van der Waals surface area (Å²) in [6.07, 6.45) is 3.93. The molecule has 0 aliphatic heterocycles. The van der Waals surface area contributed by atoms with Crippen molar-refractivity contribution >= 4 is 34.8 Å². The van der Waals surface area contributed by atoms with Crippen LogP contribution in [0.1, 0.15) is 103 Å². The second-order valence-corrected chi connectivity index (χ2v) is 23.9. The average molecular weight is 726 g/mol. The number of aromatic nitrogens is 3. The van der Waals surface area contributed by atoms with E-state index in [1.807, 2.05) is 12.4 Å². The Morgan fingerprint density at radius 1 is 0.654 bits per heavy atom. The molecule has 0 unspecified atom stereocenters. The predicted molar refractivity (Wildman–Crippen MR) is 227 cm³/mol. The number of hydrogen-bond acceptors (Lipinski definition) is 5. The van der Waals surface area contributed by atoms with Crippen molar-refractivity contribution in [2.24, 2.45) is 0 Å². The van der Waals surface area contributed by atoms with Crippen LogP contribution in [0, 0.1) is 0 Å². The Kier molecular flexibility index (Phi) is 10.1. The van der Waals surface area contributed by atoms with Crippen LogP contribution in [0.5, 0.6) is 11.5 Å². The minimum atomic E-state index is -1.82. The van der Waals surface area contributed by atoms with Gasteiger partial charge in [0.15, 0.2) is 0 Å². The first-order chi connectivity index (χ1) is 24.3. The zero-order valence-corrected chi connectivity index (χ0v) is 35.2. The molecule has 6 rings (SSSR count). The van der Waals surface area contributed by atoms with Crippen LogP contribution >= 0.6 is 11.3 Å². The molecular formula is C46H55N3OSSi. The van der Waals surface area contributed by atoms with Gasteiger partial charge >= 0.3 is 0 Å². The smallest absolute Gasteiger partial charge is 0.147 e. The molecule has 6 heteroatoms. The van der Waals surface area contributed by atoms with Gasteiger partial charge in [0, 0.05) is 29.1 Å². The molecule has 0 fully saturated rings. The summed E-state index contributed by atoms with van der Waals surface area (Å²) in [4.78, 5) is 15.2. The average Bonchev–Trinajstić information content (AvgIpc) is 3.51. The van der Waals surface area contributed by atoms with Crippen molar-refractivity contribution in [2.45, 2.75) is 112 Å². The molecule has 3 heterocycles. The van der Waals surface area contributed by atoms with E-state index in [-0.39, 0.29) is 10.8 Å². The summed E-state index contributed by atoms with van der Waals surface area (Å²) in [5.74, 6) is 2.42. The number of rotatable bonds is 8. The van der Waals surface area contributed by atoms with Gasteiger partial charge in [-0.05, 0) is 86.5 Å². The number of hydrogen-bond donors (Lipinski definition) is 0. The van der Waals surface area contributed by atoms with Crippen LogP contribution in [0.2, 0.25) is 19.6 Å². The minimum Gasteiger partial charge on any atom is -0.456 e.